The van der Waals surface area contributed by atoms with Crippen molar-refractivity contribution in [3.63, 3.8) is 0 Å². The predicted molar refractivity (Wildman–Crippen MR) is 154 cm³/mol. The third-order valence-electron chi connectivity index (χ3n) is 7.34. The summed E-state index contributed by atoms with van der Waals surface area (Å²) in [5.74, 6) is 0.212. The van der Waals surface area contributed by atoms with Crippen LogP contribution in [0.1, 0.15) is 56.2 Å². The zero-order valence-corrected chi connectivity index (χ0v) is 22.9. The van der Waals surface area contributed by atoms with Crippen molar-refractivity contribution in [3.05, 3.63) is 83.9 Å². The molecule has 1 aliphatic carbocycles. The first-order chi connectivity index (χ1) is 19.4. The Morgan fingerprint density at radius 1 is 0.875 bits per heavy atom. The van der Waals surface area contributed by atoms with Gasteiger partial charge in [0, 0.05) is 24.3 Å². The quantitative estimate of drug-likeness (QED) is 0.422. The van der Waals surface area contributed by atoms with Gasteiger partial charge in [-0.3, -0.25) is 19.3 Å². The lowest BCUT2D eigenvalue weighted by Gasteiger charge is -2.36. The summed E-state index contributed by atoms with van der Waals surface area (Å²) in [6.45, 7) is 3.43. The molecule has 8 nitrogen and oxygen atoms in total. The maximum atomic E-state index is 14.3. The highest BCUT2D eigenvalue weighted by molar-refractivity contribution is 6.04. The van der Waals surface area contributed by atoms with Gasteiger partial charge in [-0.2, -0.15) is 0 Å². The SMILES string of the molecule is CC(=O)Nc1ccc(N(C(=O)[C@H]2COc3ccccc3O2)[C@@H](C(=O)NC2CCCCC2)c2ccc(C)cc2)cc1. The lowest BCUT2D eigenvalue weighted by molar-refractivity contribution is -0.132. The molecule has 2 atom stereocenters. The summed E-state index contributed by atoms with van der Waals surface area (Å²) in [7, 11) is 0. The van der Waals surface area contributed by atoms with Gasteiger partial charge in [-0.15, -0.1) is 0 Å². The van der Waals surface area contributed by atoms with Gasteiger partial charge in [0.2, 0.25) is 17.9 Å². The minimum atomic E-state index is -0.958. The molecule has 0 unspecified atom stereocenters. The van der Waals surface area contributed by atoms with Crippen molar-refractivity contribution in [3.8, 4) is 11.5 Å². The first-order valence-corrected chi connectivity index (χ1v) is 13.8. The van der Waals surface area contributed by atoms with Crippen LogP contribution in [0.4, 0.5) is 11.4 Å². The number of hydrogen-bond acceptors (Lipinski definition) is 5. The second kappa shape index (κ2) is 12.2. The average molecular weight is 542 g/mol. The van der Waals surface area contributed by atoms with Crippen molar-refractivity contribution in [2.24, 2.45) is 0 Å². The zero-order valence-electron chi connectivity index (χ0n) is 22.9. The number of nitrogens with one attached hydrogen (secondary N) is 2. The molecule has 8 heteroatoms. The number of hydrogen-bond donors (Lipinski definition) is 2. The highest BCUT2D eigenvalue weighted by Gasteiger charge is 2.39. The topological polar surface area (TPSA) is 97.0 Å². The molecular weight excluding hydrogens is 506 g/mol. The average Bonchev–Trinajstić information content (AvgIpc) is 2.96. The van der Waals surface area contributed by atoms with E-state index in [0.29, 0.717) is 28.4 Å². The standard InChI is InChI=1S/C32H35N3O5/c1-21-12-14-23(15-13-21)30(31(37)34-24-8-4-3-5-9-24)35(26-18-16-25(17-19-26)33-22(2)36)32(38)29-20-39-27-10-6-7-11-28(27)40-29/h6-7,10-19,24,29-30H,3-5,8-9,20H2,1-2H3,(H,33,36)(H,34,37)/t29-,30-/m1/s1. The Kier molecular flexibility index (Phi) is 8.34. The minimum Gasteiger partial charge on any atom is -0.485 e. The Morgan fingerprint density at radius 2 is 1.55 bits per heavy atom. The number of fused-ring (bicyclic) bond motifs is 1. The van der Waals surface area contributed by atoms with Crippen LogP contribution in [0.2, 0.25) is 0 Å². The van der Waals surface area contributed by atoms with Crippen LogP contribution in [-0.2, 0) is 14.4 Å². The molecule has 5 rings (SSSR count). The second-order valence-electron chi connectivity index (χ2n) is 10.5. The molecule has 1 aliphatic heterocycles. The molecule has 3 amide bonds. The van der Waals surface area contributed by atoms with Crippen molar-refractivity contribution in [2.45, 2.75) is 64.1 Å². The van der Waals surface area contributed by atoms with E-state index in [2.05, 4.69) is 10.6 Å². The molecule has 208 valence electrons. The van der Waals surface area contributed by atoms with Gasteiger partial charge < -0.3 is 20.1 Å². The summed E-state index contributed by atoms with van der Waals surface area (Å²) in [6.07, 6.45) is 4.18. The normalized spacial score (nSPS) is 17.4. The number of carbonyl (C=O) groups excluding carboxylic acids is 3. The fourth-order valence-electron chi connectivity index (χ4n) is 5.30. The van der Waals surface area contributed by atoms with E-state index < -0.39 is 18.1 Å². The predicted octanol–water partition coefficient (Wildman–Crippen LogP) is 5.32. The van der Waals surface area contributed by atoms with E-state index in [1.807, 2.05) is 43.3 Å². The summed E-state index contributed by atoms with van der Waals surface area (Å²) in [4.78, 5) is 41.5. The van der Waals surface area contributed by atoms with Gasteiger partial charge in [-0.25, -0.2) is 0 Å². The summed E-state index contributed by atoms with van der Waals surface area (Å²) in [5.41, 5.74) is 2.84. The van der Waals surface area contributed by atoms with Gasteiger partial charge in [0.1, 0.15) is 12.6 Å². The van der Waals surface area contributed by atoms with E-state index in [4.69, 9.17) is 9.47 Å². The van der Waals surface area contributed by atoms with Crippen LogP contribution >= 0.6 is 0 Å². The number of aryl methyl sites for hydroxylation is 1. The molecule has 2 N–H and O–H groups in total. The van der Waals surface area contributed by atoms with Crippen LogP contribution in [0.5, 0.6) is 11.5 Å². The van der Waals surface area contributed by atoms with Crippen molar-refractivity contribution in [2.75, 3.05) is 16.8 Å². The van der Waals surface area contributed by atoms with Crippen LogP contribution in [0.25, 0.3) is 0 Å². The number of nitrogens with zero attached hydrogens (tertiary/aromatic N) is 1. The van der Waals surface area contributed by atoms with Gasteiger partial charge >= 0.3 is 0 Å². The summed E-state index contributed by atoms with van der Waals surface area (Å²) in [6, 6.07) is 20.9. The van der Waals surface area contributed by atoms with Gasteiger partial charge in [0.05, 0.1) is 0 Å². The molecule has 2 aliphatic rings. The maximum Gasteiger partial charge on any atom is 0.272 e. The van der Waals surface area contributed by atoms with E-state index in [0.717, 1.165) is 31.2 Å². The number of benzene rings is 3. The lowest BCUT2D eigenvalue weighted by atomic mass is 9.94. The third-order valence-corrected chi connectivity index (χ3v) is 7.34. The minimum absolute atomic E-state index is 0.0151. The molecule has 3 aromatic rings. The van der Waals surface area contributed by atoms with Crippen LogP contribution < -0.4 is 25.0 Å². The first kappa shape index (κ1) is 27.2. The van der Waals surface area contributed by atoms with Gasteiger partial charge in [0.15, 0.2) is 11.5 Å². The number of carbonyl (C=O) groups is 3. The van der Waals surface area contributed by atoms with Crippen LogP contribution in [-0.4, -0.2) is 36.5 Å². The monoisotopic (exact) mass is 541 g/mol. The molecule has 0 spiro atoms. The molecule has 1 fully saturated rings. The molecule has 0 aromatic heterocycles. The van der Waals surface area contributed by atoms with Crippen molar-refractivity contribution in [1.29, 1.82) is 0 Å². The van der Waals surface area contributed by atoms with Crippen molar-refractivity contribution >= 4 is 29.1 Å². The summed E-state index contributed by atoms with van der Waals surface area (Å²) >= 11 is 0. The highest BCUT2D eigenvalue weighted by Crippen LogP contribution is 2.35. The van der Waals surface area contributed by atoms with Crippen LogP contribution in [0.3, 0.4) is 0 Å². The smallest absolute Gasteiger partial charge is 0.272 e. The van der Waals surface area contributed by atoms with E-state index in [-0.39, 0.29) is 24.5 Å². The fourth-order valence-corrected chi connectivity index (χ4v) is 5.30. The first-order valence-electron chi connectivity index (χ1n) is 13.8. The summed E-state index contributed by atoms with van der Waals surface area (Å²) in [5, 5.41) is 5.98. The van der Waals surface area contributed by atoms with E-state index in [1.54, 1.807) is 36.4 Å². The van der Waals surface area contributed by atoms with Crippen molar-refractivity contribution < 1.29 is 23.9 Å². The number of para-hydroxylation sites is 2. The Hall–Kier alpha value is -4.33. The largest absolute Gasteiger partial charge is 0.485 e. The second-order valence-corrected chi connectivity index (χ2v) is 10.5. The van der Waals surface area contributed by atoms with Gasteiger partial charge in [0.25, 0.3) is 5.91 Å². The third kappa shape index (κ3) is 6.28. The highest BCUT2D eigenvalue weighted by atomic mass is 16.6. The molecule has 0 saturated heterocycles. The number of ether oxygens (including phenoxy) is 2. The Bertz CT molecular complexity index is 1350. The van der Waals surface area contributed by atoms with Gasteiger partial charge in [-0.05, 0) is 61.7 Å². The van der Waals surface area contributed by atoms with E-state index in [9.17, 15) is 14.4 Å². The molecule has 1 saturated carbocycles. The van der Waals surface area contributed by atoms with E-state index in [1.165, 1.54) is 18.2 Å². The molecule has 1 heterocycles. The number of rotatable bonds is 7. The molecule has 3 aromatic carbocycles. The van der Waals surface area contributed by atoms with Crippen LogP contribution in [0.15, 0.2) is 72.8 Å². The fraction of sp³-hybridized carbons (Fsp3) is 0.344. The van der Waals surface area contributed by atoms with Crippen molar-refractivity contribution in [1.82, 2.24) is 5.32 Å². The zero-order chi connectivity index (χ0) is 28.1. The van der Waals surface area contributed by atoms with Crippen LogP contribution in [0, 0.1) is 6.92 Å². The molecular formula is C32H35N3O5. The van der Waals surface area contributed by atoms with E-state index >= 15 is 0 Å². The van der Waals surface area contributed by atoms with Gasteiger partial charge in [-0.1, -0.05) is 61.2 Å². The Morgan fingerprint density at radius 3 is 2.23 bits per heavy atom. The number of anilines is 2. The maximum absolute atomic E-state index is 14.3. The molecule has 40 heavy (non-hydrogen) atoms. The Labute approximate surface area is 234 Å². The Balaban J connectivity index is 1.54. The number of amides is 3. The molecule has 0 radical (unpaired) electrons. The summed E-state index contributed by atoms with van der Waals surface area (Å²) < 4.78 is 12.0. The molecule has 0 bridgehead atoms. The lowest BCUT2D eigenvalue weighted by Crippen LogP contribution is -2.52.